The Labute approximate surface area is 114 Å². The molecular formula is C12H24BrNO2S. The summed E-state index contributed by atoms with van der Waals surface area (Å²) >= 11 is 3.48. The van der Waals surface area contributed by atoms with Gasteiger partial charge < -0.3 is 0 Å². The average molecular weight is 326 g/mol. The number of halogens is 1. The second kappa shape index (κ2) is 5.17. The lowest BCUT2D eigenvalue weighted by Crippen LogP contribution is -2.55. The zero-order valence-corrected chi connectivity index (χ0v) is 13.6. The predicted octanol–water partition coefficient (Wildman–Crippen LogP) is 3.05. The predicted molar refractivity (Wildman–Crippen MR) is 76.0 cm³/mol. The summed E-state index contributed by atoms with van der Waals surface area (Å²) in [5, 5.41) is 0.696. The van der Waals surface area contributed by atoms with Crippen LogP contribution in [-0.2, 0) is 10.0 Å². The Bertz CT molecular complexity index is 351. The summed E-state index contributed by atoms with van der Waals surface area (Å²) in [6, 6.07) is 0. The highest BCUT2D eigenvalue weighted by molar-refractivity contribution is 9.09. The summed E-state index contributed by atoms with van der Waals surface area (Å²) in [4.78, 5) is 0. The maximum absolute atomic E-state index is 12.2. The van der Waals surface area contributed by atoms with Crippen LogP contribution in [0.3, 0.4) is 0 Å². The van der Waals surface area contributed by atoms with Gasteiger partial charge in [0.1, 0.15) is 0 Å². The molecule has 0 saturated heterocycles. The van der Waals surface area contributed by atoms with Crippen LogP contribution in [0.15, 0.2) is 0 Å². The zero-order valence-electron chi connectivity index (χ0n) is 11.2. The van der Waals surface area contributed by atoms with Gasteiger partial charge in [-0.1, -0.05) is 22.9 Å². The van der Waals surface area contributed by atoms with Gasteiger partial charge in [-0.05, 0) is 52.4 Å². The van der Waals surface area contributed by atoms with Crippen LogP contribution in [0.4, 0.5) is 0 Å². The lowest BCUT2D eigenvalue weighted by molar-refractivity contribution is 0.248. The molecule has 0 bridgehead atoms. The van der Waals surface area contributed by atoms with Gasteiger partial charge in [-0.15, -0.1) is 0 Å². The van der Waals surface area contributed by atoms with Gasteiger partial charge in [-0.3, -0.25) is 0 Å². The van der Waals surface area contributed by atoms with E-state index in [1.54, 1.807) is 20.8 Å². The van der Waals surface area contributed by atoms with E-state index in [0.29, 0.717) is 11.2 Å². The number of sulfonamides is 1. The number of rotatable bonds is 3. The number of alkyl halides is 1. The van der Waals surface area contributed by atoms with Crippen molar-refractivity contribution < 1.29 is 8.42 Å². The summed E-state index contributed by atoms with van der Waals surface area (Å²) in [6.45, 7) is 7.45. The van der Waals surface area contributed by atoms with E-state index in [0.717, 1.165) is 25.7 Å². The second-order valence-corrected chi connectivity index (χ2v) is 9.31. The third-order valence-electron chi connectivity index (χ3n) is 3.64. The Morgan fingerprint density at radius 3 is 2.12 bits per heavy atom. The molecule has 1 rings (SSSR count). The smallest absolute Gasteiger partial charge is 0.212 e. The number of nitrogens with one attached hydrogen (secondary N) is 1. The maximum atomic E-state index is 12.2. The SMILES string of the molecule is CC1CCC(CBr)(NS(=O)(=O)C(C)(C)C)CC1. The number of hydrogen-bond acceptors (Lipinski definition) is 2. The molecule has 0 amide bonds. The van der Waals surface area contributed by atoms with Crippen molar-refractivity contribution >= 4 is 26.0 Å². The van der Waals surface area contributed by atoms with Crippen molar-refractivity contribution in [2.24, 2.45) is 5.92 Å². The summed E-state index contributed by atoms with van der Waals surface area (Å²) in [6.07, 6.45) is 4.04. The Kier molecular flexibility index (Phi) is 4.70. The minimum atomic E-state index is -3.27. The van der Waals surface area contributed by atoms with Crippen LogP contribution in [0, 0.1) is 5.92 Å². The molecule has 1 saturated carbocycles. The van der Waals surface area contributed by atoms with Crippen molar-refractivity contribution in [3.05, 3.63) is 0 Å². The quantitative estimate of drug-likeness (QED) is 0.810. The lowest BCUT2D eigenvalue weighted by Gasteiger charge is -2.40. The lowest BCUT2D eigenvalue weighted by atomic mass is 9.79. The summed E-state index contributed by atoms with van der Waals surface area (Å²) in [7, 11) is -3.27. The van der Waals surface area contributed by atoms with Crippen molar-refractivity contribution in [3.8, 4) is 0 Å². The fourth-order valence-electron chi connectivity index (χ4n) is 2.02. The monoisotopic (exact) mass is 325 g/mol. The fraction of sp³-hybridized carbons (Fsp3) is 1.00. The molecule has 0 aliphatic heterocycles. The number of hydrogen-bond donors (Lipinski definition) is 1. The summed E-state index contributed by atoms with van der Waals surface area (Å²) < 4.78 is 26.7. The van der Waals surface area contributed by atoms with Gasteiger partial charge in [0.2, 0.25) is 10.0 Å². The fourth-order valence-corrected chi connectivity index (χ4v) is 4.05. The van der Waals surface area contributed by atoms with Crippen molar-refractivity contribution in [2.45, 2.75) is 63.7 Å². The first-order valence-electron chi connectivity index (χ1n) is 6.21. The van der Waals surface area contributed by atoms with Gasteiger partial charge in [0.05, 0.1) is 4.75 Å². The molecule has 102 valence electrons. The minimum absolute atomic E-state index is 0.279. The molecule has 1 aliphatic rings. The largest absolute Gasteiger partial charge is 0.217 e. The highest BCUT2D eigenvalue weighted by Crippen LogP contribution is 2.34. The van der Waals surface area contributed by atoms with E-state index in [4.69, 9.17) is 0 Å². The third kappa shape index (κ3) is 3.67. The Morgan fingerprint density at radius 2 is 1.76 bits per heavy atom. The van der Waals surface area contributed by atoms with Crippen molar-refractivity contribution in [3.63, 3.8) is 0 Å². The van der Waals surface area contributed by atoms with E-state index in [9.17, 15) is 8.42 Å². The van der Waals surface area contributed by atoms with E-state index in [1.165, 1.54) is 0 Å². The molecule has 1 N–H and O–H groups in total. The Hall–Kier alpha value is 0.390. The third-order valence-corrected chi connectivity index (χ3v) is 7.03. The summed E-state index contributed by atoms with van der Waals surface area (Å²) in [5.74, 6) is 0.710. The van der Waals surface area contributed by atoms with E-state index in [1.807, 2.05) is 0 Å². The van der Waals surface area contributed by atoms with E-state index < -0.39 is 14.8 Å². The van der Waals surface area contributed by atoms with Gasteiger partial charge in [-0.25, -0.2) is 13.1 Å². The van der Waals surface area contributed by atoms with Crippen LogP contribution in [0.1, 0.15) is 53.4 Å². The normalized spacial score (nSPS) is 31.5. The van der Waals surface area contributed by atoms with Crippen LogP contribution in [-0.4, -0.2) is 24.0 Å². The molecule has 0 aromatic heterocycles. The van der Waals surface area contributed by atoms with Gasteiger partial charge in [0, 0.05) is 10.9 Å². The Morgan fingerprint density at radius 1 is 1.29 bits per heavy atom. The zero-order chi connectivity index (χ0) is 13.3. The molecule has 0 unspecified atom stereocenters. The minimum Gasteiger partial charge on any atom is -0.212 e. The van der Waals surface area contributed by atoms with E-state index in [-0.39, 0.29) is 5.54 Å². The van der Waals surface area contributed by atoms with Crippen LogP contribution in [0.2, 0.25) is 0 Å². The second-order valence-electron chi connectivity index (χ2n) is 6.31. The molecule has 0 aromatic carbocycles. The average Bonchev–Trinajstić information content (AvgIpc) is 2.20. The standard InChI is InChI=1S/C12H24BrNO2S/c1-10-5-7-12(9-13,8-6-10)14-17(15,16)11(2,3)4/h10,14H,5-9H2,1-4H3. The van der Waals surface area contributed by atoms with Gasteiger partial charge in [0.25, 0.3) is 0 Å². The van der Waals surface area contributed by atoms with Gasteiger partial charge >= 0.3 is 0 Å². The summed E-state index contributed by atoms with van der Waals surface area (Å²) in [5.41, 5.74) is -0.279. The van der Waals surface area contributed by atoms with Gasteiger partial charge in [-0.2, -0.15) is 0 Å². The molecule has 0 radical (unpaired) electrons. The highest BCUT2D eigenvalue weighted by atomic mass is 79.9. The Balaban J connectivity index is 2.84. The molecular weight excluding hydrogens is 302 g/mol. The molecule has 0 spiro atoms. The molecule has 0 heterocycles. The first-order valence-corrected chi connectivity index (χ1v) is 8.82. The molecule has 17 heavy (non-hydrogen) atoms. The molecule has 0 atom stereocenters. The van der Waals surface area contributed by atoms with E-state index in [2.05, 4.69) is 27.6 Å². The van der Waals surface area contributed by atoms with Crippen molar-refractivity contribution in [1.29, 1.82) is 0 Å². The van der Waals surface area contributed by atoms with Crippen molar-refractivity contribution in [2.75, 3.05) is 5.33 Å². The molecule has 1 aliphatic carbocycles. The molecule has 3 nitrogen and oxygen atoms in total. The van der Waals surface area contributed by atoms with Crippen LogP contribution >= 0.6 is 15.9 Å². The highest BCUT2D eigenvalue weighted by Gasteiger charge is 2.40. The topological polar surface area (TPSA) is 46.2 Å². The van der Waals surface area contributed by atoms with Crippen molar-refractivity contribution in [1.82, 2.24) is 4.72 Å². The molecule has 0 aromatic rings. The maximum Gasteiger partial charge on any atom is 0.217 e. The van der Waals surface area contributed by atoms with Crippen LogP contribution < -0.4 is 4.72 Å². The first kappa shape index (κ1) is 15.4. The van der Waals surface area contributed by atoms with E-state index >= 15 is 0 Å². The molecule has 5 heteroatoms. The molecule has 1 fully saturated rings. The van der Waals surface area contributed by atoms with Crippen LogP contribution in [0.5, 0.6) is 0 Å². The first-order chi connectivity index (χ1) is 7.62. The van der Waals surface area contributed by atoms with Gasteiger partial charge in [0.15, 0.2) is 0 Å². The van der Waals surface area contributed by atoms with Crippen LogP contribution in [0.25, 0.3) is 0 Å².